The number of nitrogens with one attached hydrogen (secondary N) is 1. The molecule has 9 heteroatoms. The number of Topliss-reactive ketones (excluding diaryl/α,β-unsaturated/α-hetero) is 1. The lowest BCUT2D eigenvalue weighted by Gasteiger charge is -2.35. The van der Waals surface area contributed by atoms with Crippen molar-refractivity contribution < 1.29 is 28.2 Å². The first-order valence-electron chi connectivity index (χ1n) is 10.9. The van der Waals surface area contributed by atoms with Gasteiger partial charge in [-0.25, -0.2) is 4.79 Å². The van der Waals surface area contributed by atoms with Crippen molar-refractivity contribution in [1.82, 2.24) is 0 Å². The molecule has 0 saturated heterocycles. The Balaban J connectivity index is 1.50. The normalized spacial score (nSPS) is 21.1. The summed E-state index contributed by atoms with van der Waals surface area (Å²) in [7, 11) is 2.86. The van der Waals surface area contributed by atoms with Crippen LogP contribution in [0.3, 0.4) is 0 Å². The van der Waals surface area contributed by atoms with Crippen molar-refractivity contribution in [1.29, 1.82) is 0 Å². The Bertz CT molecular complexity index is 1510. The van der Waals surface area contributed by atoms with Gasteiger partial charge in [0, 0.05) is 47.0 Å². The van der Waals surface area contributed by atoms with E-state index in [0.717, 1.165) is 10.9 Å². The number of ketones is 2. The fourth-order valence-electron chi connectivity index (χ4n) is 4.80. The number of hydrogen-bond donors (Lipinski definition) is 1. The molecule has 0 amide bonds. The number of rotatable bonds is 4. The van der Waals surface area contributed by atoms with Gasteiger partial charge in [0.2, 0.25) is 17.2 Å². The largest absolute Gasteiger partial charge is 0.496 e. The van der Waals surface area contributed by atoms with E-state index in [0.29, 0.717) is 23.4 Å². The third-order valence-corrected chi connectivity index (χ3v) is 6.92. The molecule has 0 bridgehead atoms. The topological polar surface area (TPSA) is 104 Å². The first-order chi connectivity index (χ1) is 16.7. The van der Waals surface area contributed by atoms with Gasteiger partial charge in [-0.2, -0.15) is 0 Å². The Kier molecular flexibility index (Phi) is 5.36. The van der Waals surface area contributed by atoms with Crippen LogP contribution in [-0.4, -0.2) is 31.4 Å². The summed E-state index contributed by atoms with van der Waals surface area (Å²) in [6.45, 7) is 3.61. The van der Waals surface area contributed by atoms with Gasteiger partial charge in [-0.1, -0.05) is 18.5 Å². The summed E-state index contributed by atoms with van der Waals surface area (Å²) in [5.74, 6) is -0.930. The van der Waals surface area contributed by atoms with Crippen LogP contribution in [0.4, 0.5) is 5.69 Å². The highest BCUT2D eigenvalue weighted by molar-refractivity contribution is 6.36. The Morgan fingerprint density at radius 1 is 1.09 bits per heavy atom. The predicted octanol–water partition coefficient (Wildman–Crippen LogP) is 4.69. The molecule has 1 spiro atoms. The van der Waals surface area contributed by atoms with Crippen molar-refractivity contribution in [3.05, 3.63) is 68.7 Å². The first-order valence-corrected chi connectivity index (χ1v) is 11.3. The molecule has 0 unspecified atom stereocenters. The summed E-state index contributed by atoms with van der Waals surface area (Å²) in [5, 5.41) is 4.13. The van der Waals surface area contributed by atoms with Gasteiger partial charge in [0.25, 0.3) is 0 Å². The number of ether oxygens (including phenoxy) is 3. The lowest BCUT2D eigenvalue weighted by molar-refractivity contribution is -0.129. The fourth-order valence-corrected chi connectivity index (χ4v) is 5.07. The smallest absolute Gasteiger partial charge is 0.336 e. The van der Waals surface area contributed by atoms with Gasteiger partial charge in [0.1, 0.15) is 27.7 Å². The number of allylic oxidation sites excluding steroid dienone is 1. The monoisotopic (exact) mass is 495 g/mol. The third-order valence-electron chi connectivity index (χ3n) is 6.57. The molecule has 2 atom stereocenters. The second-order valence-electron chi connectivity index (χ2n) is 8.69. The zero-order chi connectivity index (χ0) is 25.1. The number of carbonyl (C=O) groups is 2. The fraction of sp³-hybridized carbons (Fsp3) is 0.269. The highest BCUT2D eigenvalue weighted by Gasteiger charge is 2.60. The molecule has 8 nitrogen and oxygen atoms in total. The molecular weight excluding hydrogens is 474 g/mol. The van der Waals surface area contributed by atoms with Gasteiger partial charge < -0.3 is 23.9 Å². The molecule has 0 fully saturated rings. The molecule has 2 aliphatic rings. The maximum absolute atomic E-state index is 13.6. The zero-order valence-electron chi connectivity index (χ0n) is 19.5. The molecule has 1 aromatic heterocycles. The number of anilines is 1. The quantitative estimate of drug-likeness (QED) is 0.410. The number of aryl methyl sites for hydroxylation is 1. The van der Waals surface area contributed by atoms with E-state index in [-0.39, 0.29) is 27.8 Å². The minimum atomic E-state index is -1.75. The van der Waals surface area contributed by atoms with Crippen molar-refractivity contribution in [2.75, 3.05) is 19.5 Å². The van der Waals surface area contributed by atoms with Gasteiger partial charge in [-0.05, 0) is 31.0 Å². The van der Waals surface area contributed by atoms with Gasteiger partial charge in [-0.3, -0.25) is 9.59 Å². The van der Waals surface area contributed by atoms with Gasteiger partial charge in [-0.15, -0.1) is 0 Å². The van der Waals surface area contributed by atoms with Crippen molar-refractivity contribution in [3.63, 3.8) is 0 Å². The number of fused-ring (bicyclic) bond motifs is 2. The van der Waals surface area contributed by atoms with Crippen LogP contribution in [0.25, 0.3) is 11.0 Å². The van der Waals surface area contributed by atoms with E-state index in [4.69, 9.17) is 30.2 Å². The molecule has 35 heavy (non-hydrogen) atoms. The van der Waals surface area contributed by atoms with Crippen LogP contribution in [0.5, 0.6) is 17.2 Å². The second kappa shape index (κ2) is 8.16. The second-order valence-corrected chi connectivity index (χ2v) is 9.07. The molecule has 180 valence electrons. The number of benzene rings is 2. The Morgan fingerprint density at radius 3 is 2.51 bits per heavy atom. The van der Waals surface area contributed by atoms with E-state index in [1.165, 1.54) is 32.4 Å². The molecule has 1 aliphatic carbocycles. The molecule has 2 aromatic carbocycles. The summed E-state index contributed by atoms with van der Waals surface area (Å²) in [4.78, 5) is 38.8. The highest BCUT2D eigenvalue weighted by atomic mass is 35.5. The molecule has 0 saturated carbocycles. The predicted molar refractivity (Wildman–Crippen MR) is 130 cm³/mol. The van der Waals surface area contributed by atoms with E-state index in [9.17, 15) is 14.4 Å². The average molecular weight is 496 g/mol. The van der Waals surface area contributed by atoms with Gasteiger partial charge in [0.05, 0.1) is 14.2 Å². The number of halogens is 1. The van der Waals surface area contributed by atoms with Crippen LogP contribution in [0.1, 0.15) is 29.3 Å². The SMILES string of the molecule is COc1cc(OC)c2c(c1Cl)O[C@@]1(C(=O)C=C(Nc3ccc4c(C)cc(=O)oc4c3)C[C@H]1C)C2=O. The van der Waals surface area contributed by atoms with Crippen molar-refractivity contribution in [2.24, 2.45) is 5.92 Å². The van der Waals surface area contributed by atoms with E-state index in [1.807, 2.05) is 19.1 Å². The maximum atomic E-state index is 13.6. The number of carbonyl (C=O) groups excluding carboxylic acids is 2. The van der Waals surface area contributed by atoms with E-state index < -0.39 is 28.7 Å². The number of methoxy groups -OCH3 is 2. The summed E-state index contributed by atoms with van der Waals surface area (Å²) in [6, 6.07) is 8.32. The molecule has 3 aromatic rings. The zero-order valence-corrected chi connectivity index (χ0v) is 20.2. The summed E-state index contributed by atoms with van der Waals surface area (Å²) >= 11 is 6.42. The van der Waals surface area contributed by atoms with E-state index in [2.05, 4.69) is 5.32 Å². The maximum Gasteiger partial charge on any atom is 0.336 e. The Morgan fingerprint density at radius 2 is 1.83 bits per heavy atom. The van der Waals surface area contributed by atoms with Crippen LogP contribution in [0.2, 0.25) is 5.02 Å². The van der Waals surface area contributed by atoms with Crippen LogP contribution >= 0.6 is 11.6 Å². The Labute approximate surface area is 205 Å². The first kappa shape index (κ1) is 23.0. The minimum absolute atomic E-state index is 0.0813. The van der Waals surface area contributed by atoms with Crippen molar-refractivity contribution in [2.45, 2.75) is 25.9 Å². The minimum Gasteiger partial charge on any atom is -0.496 e. The summed E-state index contributed by atoms with van der Waals surface area (Å²) < 4.78 is 22.0. The standard InChI is InChI=1S/C26H22ClNO7/c1-12-7-21(30)34-17-9-14(5-6-16(12)17)28-15-8-13(2)26(20(29)10-15)25(31)22-18(32-3)11-19(33-4)23(27)24(22)35-26/h5-7,9-11,13,28H,8H2,1-4H3/t13-,26+/m1/s1. The van der Waals surface area contributed by atoms with E-state index >= 15 is 0 Å². The lowest BCUT2D eigenvalue weighted by Crippen LogP contribution is -2.55. The highest BCUT2D eigenvalue weighted by Crippen LogP contribution is 2.53. The van der Waals surface area contributed by atoms with Crippen LogP contribution in [0.15, 0.2) is 51.3 Å². The lowest BCUT2D eigenvalue weighted by atomic mass is 9.74. The van der Waals surface area contributed by atoms with Crippen molar-refractivity contribution in [3.8, 4) is 17.2 Å². The molecule has 1 N–H and O–H groups in total. The van der Waals surface area contributed by atoms with Crippen LogP contribution in [0, 0.1) is 12.8 Å². The molecule has 1 aliphatic heterocycles. The summed E-state index contributed by atoms with van der Waals surface area (Å²) in [6.07, 6.45) is 1.72. The van der Waals surface area contributed by atoms with Crippen LogP contribution < -0.4 is 25.2 Å². The molecule has 2 heterocycles. The van der Waals surface area contributed by atoms with Gasteiger partial charge >= 0.3 is 5.63 Å². The average Bonchev–Trinajstić information content (AvgIpc) is 3.12. The molecular formula is C26H22ClNO7. The van der Waals surface area contributed by atoms with E-state index in [1.54, 1.807) is 13.0 Å². The van der Waals surface area contributed by atoms with Crippen molar-refractivity contribution >= 4 is 39.8 Å². The summed E-state index contributed by atoms with van der Waals surface area (Å²) in [5.41, 5.74) is 0.445. The third kappa shape index (κ3) is 3.39. The number of hydrogen-bond acceptors (Lipinski definition) is 8. The molecule has 0 radical (unpaired) electrons. The van der Waals surface area contributed by atoms with Crippen LogP contribution in [-0.2, 0) is 4.79 Å². The van der Waals surface area contributed by atoms with Gasteiger partial charge in [0.15, 0.2) is 5.75 Å². The molecule has 5 rings (SSSR count). The Hall–Kier alpha value is -3.78.